The van der Waals surface area contributed by atoms with Gasteiger partial charge in [-0.3, -0.25) is 15.0 Å². The van der Waals surface area contributed by atoms with Crippen molar-refractivity contribution >= 4 is 33.1 Å². The van der Waals surface area contributed by atoms with Crippen LogP contribution in [0.2, 0.25) is 0 Å². The SMILES string of the molecule is CC(C)S(=O)(=O)NNC(=O)c1ccc[n+](CC(=O)c2cccs2)c1. The number of rotatable bonds is 7. The van der Waals surface area contributed by atoms with Gasteiger partial charge in [0.05, 0.1) is 10.1 Å². The van der Waals surface area contributed by atoms with Gasteiger partial charge in [-0.15, -0.1) is 16.2 Å². The van der Waals surface area contributed by atoms with Crippen LogP contribution in [0.4, 0.5) is 0 Å². The maximum atomic E-state index is 12.1. The zero-order chi connectivity index (χ0) is 17.7. The lowest BCUT2D eigenvalue weighted by Crippen LogP contribution is -2.45. The third-order valence-corrected chi connectivity index (χ3v) is 5.71. The van der Waals surface area contributed by atoms with Gasteiger partial charge in [0.15, 0.2) is 12.4 Å². The van der Waals surface area contributed by atoms with Crippen LogP contribution in [0.1, 0.15) is 33.9 Å². The summed E-state index contributed by atoms with van der Waals surface area (Å²) in [6, 6.07) is 6.69. The van der Waals surface area contributed by atoms with E-state index in [0.717, 1.165) is 0 Å². The predicted octanol–water partition coefficient (Wildman–Crippen LogP) is 0.891. The van der Waals surface area contributed by atoms with E-state index < -0.39 is 21.2 Å². The van der Waals surface area contributed by atoms with Crippen LogP contribution in [-0.2, 0) is 16.6 Å². The van der Waals surface area contributed by atoms with Crippen molar-refractivity contribution in [2.24, 2.45) is 0 Å². The first-order valence-corrected chi connectivity index (χ1v) is 9.59. The maximum Gasteiger partial charge on any atom is 0.272 e. The summed E-state index contributed by atoms with van der Waals surface area (Å²) in [7, 11) is -3.60. The van der Waals surface area contributed by atoms with Crippen LogP contribution >= 0.6 is 11.3 Å². The molecule has 0 aliphatic carbocycles. The van der Waals surface area contributed by atoms with Crippen molar-refractivity contribution in [2.45, 2.75) is 25.6 Å². The number of carbonyl (C=O) groups excluding carboxylic acids is 2. The van der Waals surface area contributed by atoms with Crippen LogP contribution in [0.25, 0.3) is 0 Å². The number of Topliss-reactive ketones (excluding diaryl/α,β-unsaturated/α-hetero) is 1. The fourth-order valence-corrected chi connectivity index (χ4v) is 2.87. The van der Waals surface area contributed by atoms with Crippen molar-refractivity contribution in [3.8, 4) is 0 Å². The molecule has 1 amide bonds. The molecule has 0 unspecified atom stereocenters. The molecular formula is C15H18N3O4S2+. The summed E-state index contributed by atoms with van der Waals surface area (Å²) in [5.41, 5.74) is 2.39. The van der Waals surface area contributed by atoms with Crippen LogP contribution in [0, 0.1) is 0 Å². The van der Waals surface area contributed by atoms with E-state index in [4.69, 9.17) is 0 Å². The van der Waals surface area contributed by atoms with E-state index in [1.165, 1.54) is 37.4 Å². The molecule has 0 fully saturated rings. The normalized spacial score (nSPS) is 11.5. The van der Waals surface area contributed by atoms with Gasteiger partial charge in [0, 0.05) is 6.07 Å². The zero-order valence-electron chi connectivity index (χ0n) is 13.2. The molecule has 0 atom stereocenters. The van der Waals surface area contributed by atoms with Gasteiger partial charge in [-0.1, -0.05) is 6.07 Å². The summed E-state index contributed by atoms with van der Waals surface area (Å²) in [5.74, 6) is -0.662. The van der Waals surface area contributed by atoms with Crippen LogP contribution in [-0.4, -0.2) is 25.4 Å². The smallest absolute Gasteiger partial charge is 0.272 e. The maximum absolute atomic E-state index is 12.1. The number of sulfonamides is 1. The highest BCUT2D eigenvalue weighted by atomic mass is 32.2. The second kappa shape index (κ2) is 7.65. The summed E-state index contributed by atoms with van der Waals surface area (Å²) >= 11 is 1.36. The largest absolute Gasteiger partial charge is 0.286 e. The molecule has 0 spiro atoms. The number of hydrazine groups is 1. The second-order valence-corrected chi connectivity index (χ2v) is 8.50. The van der Waals surface area contributed by atoms with E-state index in [2.05, 4.69) is 5.43 Å². The molecule has 2 aromatic rings. The van der Waals surface area contributed by atoms with Gasteiger partial charge in [-0.25, -0.2) is 8.42 Å². The number of hydrogen-bond acceptors (Lipinski definition) is 5. The van der Waals surface area contributed by atoms with Crippen molar-refractivity contribution in [3.05, 3.63) is 52.5 Å². The molecule has 24 heavy (non-hydrogen) atoms. The van der Waals surface area contributed by atoms with Crippen molar-refractivity contribution in [1.29, 1.82) is 0 Å². The minimum absolute atomic E-state index is 0.0620. The van der Waals surface area contributed by atoms with E-state index >= 15 is 0 Å². The monoisotopic (exact) mass is 368 g/mol. The van der Waals surface area contributed by atoms with E-state index in [1.54, 1.807) is 29.0 Å². The van der Waals surface area contributed by atoms with Crippen molar-refractivity contribution in [1.82, 2.24) is 10.3 Å². The lowest BCUT2D eigenvalue weighted by Gasteiger charge is -2.10. The number of ketones is 1. The number of pyridine rings is 1. The molecule has 0 saturated carbocycles. The van der Waals surface area contributed by atoms with Gasteiger partial charge in [-0.05, 0) is 31.4 Å². The minimum Gasteiger partial charge on any atom is -0.286 e. The summed E-state index contributed by atoms with van der Waals surface area (Å²) < 4.78 is 24.8. The number of amides is 1. The highest BCUT2D eigenvalue weighted by Crippen LogP contribution is 2.09. The summed E-state index contributed by atoms with van der Waals surface area (Å²) in [5, 5.41) is 1.16. The summed E-state index contributed by atoms with van der Waals surface area (Å²) in [4.78, 5) is 26.8. The van der Waals surface area contributed by atoms with E-state index in [0.29, 0.717) is 4.88 Å². The van der Waals surface area contributed by atoms with E-state index in [1.807, 2.05) is 10.2 Å². The third kappa shape index (κ3) is 4.70. The predicted molar refractivity (Wildman–Crippen MR) is 89.9 cm³/mol. The molecule has 2 rings (SSSR count). The highest BCUT2D eigenvalue weighted by Gasteiger charge is 2.19. The fraction of sp³-hybridized carbons (Fsp3) is 0.267. The Morgan fingerprint density at radius 1 is 1.25 bits per heavy atom. The molecule has 0 aliphatic heterocycles. The average Bonchev–Trinajstić information content (AvgIpc) is 3.07. The molecule has 2 aromatic heterocycles. The van der Waals surface area contributed by atoms with Gasteiger partial charge >= 0.3 is 0 Å². The van der Waals surface area contributed by atoms with Crippen molar-refractivity contribution < 1.29 is 22.6 Å². The van der Waals surface area contributed by atoms with Gasteiger partial charge < -0.3 is 0 Å². The molecule has 0 saturated heterocycles. The number of hydrogen-bond donors (Lipinski definition) is 2. The molecule has 2 N–H and O–H groups in total. The molecule has 2 heterocycles. The highest BCUT2D eigenvalue weighted by molar-refractivity contribution is 7.90. The Morgan fingerprint density at radius 2 is 2.00 bits per heavy atom. The number of aromatic nitrogens is 1. The minimum atomic E-state index is -3.60. The molecular weight excluding hydrogens is 350 g/mol. The molecule has 9 heteroatoms. The first kappa shape index (κ1) is 18.2. The molecule has 0 aromatic carbocycles. The molecule has 7 nitrogen and oxygen atoms in total. The van der Waals surface area contributed by atoms with Gasteiger partial charge in [0.2, 0.25) is 22.4 Å². The van der Waals surface area contributed by atoms with Crippen LogP contribution in [0.3, 0.4) is 0 Å². The first-order valence-electron chi connectivity index (χ1n) is 7.16. The molecule has 0 aliphatic rings. The van der Waals surface area contributed by atoms with Crippen LogP contribution < -0.4 is 14.8 Å². The Kier molecular flexibility index (Phi) is 5.81. The Balaban J connectivity index is 2.04. The van der Waals surface area contributed by atoms with Crippen LogP contribution in [0.15, 0.2) is 42.0 Å². The summed E-state index contributed by atoms with van der Waals surface area (Å²) in [6.07, 6.45) is 3.16. The number of thiophene rings is 1. The molecule has 0 bridgehead atoms. The lowest BCUT2D eigenvalue weighted by atomic mass is 10.2. The summed E-state index contributed by atoms with van der Waals surface area (Å²) in [6.45, 7) is 3.10. The van der Waals surface area contributed by atoms with Gasteiger partial charge in [0.25, 0.3) is 5.91 Å². The van der Waals surface area contributed by atoms with E-state index in [9.17, 15) is 18.0 Å². The second-order valence-electron chi connectivity index (χ2n) is 5.32. The van der Waals surface area contributed by atoms with Gasteiger partial charge in [-0.2, -0.15) is 4.57 Å². The molecule has 128 valence electrons. The van der Waals surface area contributed by atoms with Crippen molar-refractivity contribution in [2.75, 3.05) is 0 Å². The van der Waals surface area contributed by atoms with E-state index in [-0.39, 0.29) is 17.9 Å². The zero-order valence-corrected chi connectivity index (χ0v) is 14.9. The Morgan fingerprint density at radius 3 is 2.62 bits per heavy atom. The van der Waals surface area contributed by atoms with Crippen molar-refractivity contribution in [3.63, 3.8) is 0 Å². The Labute approximate surface area is 144 Å². The van der Waals surface area contributed by atoms with Crippen LogP contribution in [0.5, 0.6) is 0 Å². The Hall–Kier alpha value is -2.10. The third-order valence-electron chi connectivity index (χ3n) is 3.17. The standard InChI is InChI=1S/C15H17N3O4S2/c1-11(2)24(21,22)17-16-15(20)12-5-3-7-18(9-12)10-13(19)14-6-4-8-23-14/h3-9,11,17H,10H2,1-2H3/p+1. The first-order chi connectivity index (χ1) is 11.3. The average molecular weight is 368 g/mol. The Bertz CT molecular complexity index is 830. The van der Waals surface area contributed by atoms with Gasteiger partial charge in [0.1, 0.15) is 5.56 Å². The molecule has 0 radical (unpaired) electrons. The number of nitrogens with zero attached hydrogens (tertiary/aromatic N) is 1. The number of nitrogens with one attached hydrogen (secondary N) is 2. The number of carbonyl (C=O) groups is 2. The lowest BCUT2D eigenvalue weighted by molar-refractivity contribution is -0.683. The quantitative estimate of drug-likeness (QED) is 0.431. The topological polar surface area (TPSA) is 96.2 Å². The fourth-order valence-electron chi connectivity index (χ4n) is 1.74.